The number of benzene rings is 1. The molecular formula is C18H22N4O. The van der Waals surface area contributed by atoms with Gasteiger partial charge in [0.15, 0.2) is 0 Å². The topological polar surface area (TPSA) is 52.4 Å². The summed E-state index contributed by atoms with van der Waals surface area (Å²) < 4.78 is 5.49. The van der Waals surface area contributed by atoms with Gasteiger partial charge in [-0.2, -0.15) is 5.26 Å². The number of methoxy groups -OCH3 is 1. The number of para-hydroxylation sites is 1. The Morgan fingerprint density at radius 3 is 2.91 bits per heavy atom. The number of ether oxygens (including phenoxy) is 1. The fourth-order valence-corrected chi connectivity index (χ4v) is 3.44. The molecule has 0 radical (unpaired) electrons. The second-order valence-corrected chi connectivity index (χ2v) is 6.22. The minimum absolute atomic E-state index is 0.294. The Labute approximate surface area is 137 Å². The van der Waals surface area contributed by atoms with Crippen molar-refractivity contribution < 1.29 is 4.74 Å². The lowest BCUT2D eigenvalue weighted by Gasteiger charge is -2.28. The molecule has 0 saturated carbocycles. The van der Waals surface area contributed by atoms with Gasteiger partial charge in [0.25, 0.3) is 0 Å². The van der Waals surface area contributed by atoms with Crippen molar-refractivity contribution in [1.82, 2.24) is 9.88 Å². The lowest BCUT2D eigenvalue weighted by Crippen LogP contribution is -2.37. The van der Waals surface area contributed by atoms with Gasteiger partial charge in [-0.3, -0.25) is 9.88 Å². The average Bonchev–Trinajstić information content (AvgIpc) is 2.93. The van der Waals surface area contributed by atoms with Crippen LogP contribution in [0.25, 0.3) is 10.9 Å². The second kappa shape index (κ2) is 6.53. The van der Waals surface area contributed by atoms with E-state index in [1.165, 1.54) is 0 Å². The molecule has 2 atom stereocenters. The molecule has 1 aliphatic rings. The first-order valence-corrected chi connectivity index (χ1v) is 7.86. The number of anilines is 1. The Morgan fingerprint density at radius 2 is 2.22 bits per heavy atom. The Kier molecular flexibility index (Phi) is 4.46. The van der Waals surface area contributed by atoms with Gasteiger partial charge in [0.2, 0.25) is 0 Å². The first-order valence-electron chi connectivity index (χ1n) is 7.86. The molecule has 5 nitrogen and oxygen atoms in total. The van der Waals surface area contributed by atoms with Crippen LogP contribution in [0.2, 0.25) is 0 Å². The van der Waals surface area contributed by atoms with E-state index >= 15 is 0 Å². The van der Waals surface area contributed by atoms with Gasteiger partial charge < -0.3 is 9.64 Å². The van der Waals surface area contributed by atoms with Crippen LogP contribution in [0.1, 0.15) is 12.0 Å². The van der Waals surface area contributed by atoms with Crippen molar-refractivity contribution >= 4 is 16.6 Å². The third kappa shape index (κ3) is 3.00. The van der Waals surface area contributed by atoms with Gasteiger partial charge in [-0.1, -0.05) is 18.2 Å². The molecule has 3 rings (SSSR count). The van der Waals surface area contributed by atoms with Crippen molar-refractivity contribution in [2.24, 2.45) is 0 Å². The number of pyridine rings is 1. The predicted molar refractivity (Wildman–Crippen MR) is 91.6 cm³/mol. The normalized spacial score (nSPS) is 21.5. The van der Waals surface area contributed by atoms with Crippen molar-refractivity contribution in [1.29, 1.82) is 5.26 Å². The highest BCUT2D eigenvalue weighted by atomic mass is 16.5. The molecule has 0 spiro atoms. The molecule has 0 bridgehead atoms. The molecule has 1 aromatic carbocycles. The zero-order chi connectivity index (χ0) is 16.4. The first-order chi connectivity index (χ1) is 11.1. The number of hydrogen-bond acceptors (Lipinski definition) is 5. The Morgan fingerprint density at radius 1 is 1.43 bits per heavy atom. The number of aromatic nitrogens is 1. The van der Waals surface area contributed by atoms with Crippen LogP contribution in [-0.2, 0) is 4.74 Å². The lowest BCUT2D eigenvalue weighted by molar-refractivity contribution is 0.111. The van der Waals surface area contributed by atoms with Gasteiger partial charge in [0.1, 0.15) is 6.07 Å². The van der Waals surface area contributed by atoms with Crippen molar-refractivity contribution in [3.8, 4) is 6.07 Å². The molecular weight excluding hydrogens is 288 g/mol. The molecule has 23 heavy (non-hydrogen) atoms. The number of fused-ring (bicyclic) bond motifs is 1. The molecule has 1 aromatic heterocycles. The smallest absolute Gasteiger partial charge is 0.103 e. The van der Waals surface area contributed by atoms with Crippen molar-refractivity contribution in [3.63, 3.8) is 0 Å². The maximum atomic E-state index is 9.47. The number of hydrogen-bond donors (Lipinski definition) is 0. The van der Waals surface area contributed by atoms with Crippen LogP contribution in [-0.4, -0.2) is 56.3 Å². The largest absolute Gasteiger partial charge is 0.380 e. The lowest BCUT2D eigenvalue weighted by atomic mass is 10.1. The minimum atomic E-state index is 0.294. The molecule has 2 aromatic rings. The molecule has 0 unspecified atom stereocenters. The van der Waals surface area contributed by atoms with Crippen molar-refractivity contribution in [2.75, 3.05) is 39.2 Å². The van der Waals surface area contributed by atoms with Gasteiger partial charge in [-0.25, -0.2) is 0 Å². The molecule has 2 heterocycles. The van der Waals surface area contributed by atoms with Crippen LogP contribution in [0.5, 0.6) is 0 Å². The fraction of sp³-hybridized carbons (Fsp3) is 0.444. The van der Waals surface area contributed by atoms with E-state index in [-0.39, 0.29) is 0 Å². The number of rotatable bonds is 4. The van der Waals surface area contributed by atoms with Crippen LogP contribution < -0.4 is 4.90 Å². The first kappa shape index (κ1) is 15.7. The minimum Gasteiger partial charge on any atom is -0.380 e. The fourth-order valence-electron chi connectivity index (χ4n) is 3.44. The highest BCUT2D eigenvalue weighted by molar-refractivity contribution is 5.94. The number of nitrogens with zero attached hydrogens (tertiary/aromatic N) is 4. The van der Waals surface area contributed by atoms with E-state index in [0.717, 1.165) is 36.1 Å². The van der Waals surface area contributed by atoms with Gasteiger partial charge >= 0.3 is 0 Å². The zero-order valence-electron chi connectivity index (χ0n) is 13.9. The predicted octanol–water partition coefficient (Wildman–Crippen LogP) is 2.26. The Balaban J connectivity index is 1.92. The van der Waals surface area contributed by atoms with Crippen LogP contribution in [0, 0.1) is 11.3 Å². The monoisotopic (exact) mass is 310 g/mol. The summed E-state index contributed by atoms with van der Waals surface area (Å²) in [4.78, 5) is 8.90. The van der Waals surface area contributed by atoms with E-state index in [1.807, 2.05) is 24.3 Å². The van der Waals surface area contributed by atoms with Crippen molar-refractivity contribution in [3.05, 3.63) is 36.0 Å². The highest BCUT2D eigenvalue weighted by Gasteiger charge is 2.30. The maximum Gasteiger partial charge on any atom is 0.103 e. The van der Waals surface area contributed by atoms with Gasteiger partial charge in [0.05, 0.1) is 22.9 Å². The Bertz CT molecular complexity index is 739. The maximum absolute atomic E-state index is 9.47. The SMILES string of the molecule is CO[C@H]1C[C@@H](CN(C)c2c(C#N)cnc3ccccc23)N(C)C1. The zero-order valence-corrected chi connectivity index (χ0v) is 13.9. The highest BCUT2D eigenvalue weighted by Crippen LogP contribution is 2.30. The summed E-state index contributed by atoms with van der Waals surface area (Å²) in [5, 5.41) is 10.5. The summed E-state index contributed by atoms with van der Waals surface area (Å²) in [6.45, 7) is 1.82. The summed E-state index contributed by atoms with van der Waals surface area (Å²) in [6.07, 6.45) is 2.98. The van der Waals surface area contributed by atoms with E-state index in [9.17, 15) is 5.26 Å². The summed E-state index contributed by atoms with van der Waals surface area (Å²) in [5.41, 5.74) is 2.51. The quantitative estimate of drug-likeness (QED) is 0.867. The number of likely N-dealkylation sites (tertiary alicyclic amines) is 1. The van der Waals surface area contributed by atoms with E-state index in [0.29, 0.717) is 17.7 Å². The van der Waals surface area contributed by atoms with Gasteiger partial charge in [-0.15, -0.1) is 0 Å². The molecule has 0 amide bonds. The summed E-state index contributed by atoms with van der Waals surface area (Å²) in [6, 6.07) is 10.7. The number of likely N-dealkylation sites (N-methyl/N-ethyl adjacent to an activating group) is 2. The van der Waals surface area contributed by atoms with Crippen LogP contribution in [0.4, 0.5) is 5.69 Å². The van der Waals surface area contributed by atoms with Crippen LogP contribution in [0.3, 0.4) is 0 Å². The molecule has 1 fully saturated rings. The molecule has 1 saturated heterocycles. The van der Waals surface area contributed by atoms with Gasteiger partial charge in [0, 0.05) is 44.9 Å². The van der Waals surface area contributed by atoms with Gasteiger partial charge in [-0.05, 0) is 19.5 Å². The van der Waals surface area contributed by atoms with E-state index in [1.54, 1.807) is 13.3 Å². The van der Waals surface area contributed by atoms with E-state index in [2.05, 4.69) is 34.9 Å². The summed E-state index contributed by atoms with van der Waals surface area (Å²) in [5.74, 6) is 0. The molecule has 5 heteroatoms. The summed E-state index contributed by atoms with van der Waals surface area (Å²) >= 11 is 0. The van der Waals surface area contributed by atoms with Crippen LogP contribution >= 0.6 is 0 Å². The van der Waals surface area contributed by atoms with E-state index in [4.69, 9.17) is 4.74 Å². The molecule has 0 N–H and O–H groups in total. The molecule has 120 valence electrons. The third-order valence-corrected chi connectivity index (χ3v) is 4.72. The number of nitriles is 1. The molecule has 0 aliphatic carbocycles. The van der Waals surface area contributed by atoms with Crippen LogP contribution in [0.15, 0.2) is 30.5 Å². The standard InChI is InChI=1S/C18H22N4O/c1-21-12-15(23-3)8-14(21)11-22(2)18-13(9-19)10-20-17-7-5-4-6-16(17)18/h4-7,10,14-15H,8,11-12H2,1-3H3/t14-,15-/m0/s1. The Hall–Kier alpha value is -2.16. The average molecular weight is 310 g/mol. The molecule has 1 aliphatic heterocycles. The third-order valence-electron chi connectivity index (χ3n) is 4.72. The van der Waals surface area contributed by atoms with Crippen molar-refractivity contribution in [2.45, 2.75) is 18.6 Å². The summed E-state index contributed by atoms with van der Waals surface area (Å²) in [7, 11) is 5.96. The second-order valence-electron chi connectivity index (χ2n) is 6.22. The van der Waals surface area contributed by atoms with E-state index < -0.39 is 0 Å².